The highest BCUT2D eigenvalue weighted by atomic mass is 16.2. The average molecular weight is 357 g/mol. The lowest BCUT2D eigenvalue weighted by atomic mass is 9.96. The van der Waals surface area contributed by atoms with Crippen LogP contribution in [0.3, 0.4) is 0 Å². The smallest absolute Gasteiger partial charge is 0.319 e. The van der Waals surface area contributed by atoms with Gasteiger partial charge in [-0.2, -0.15) is 0 Å². The topological polar surface area (TPSA) is 70.5 Å². The molecule has 3 amide bonds. The van der Waals surface area contributed by atoms with Crippen molar-refractivity contribution in [1.82, 2.24) is 24.7 Å². The maximum atomic E-state index is 12.4. The molecule has 1 N–H and O–H groups in total. The number of carbonyl (C=O) groups excluding carboxylic acids is 2. The van der Waals surface area contributed by atoms with E-state index >= 15 is 0 Å². The molecule has 2 aromatic rings. The number of hydrogen-bond acceptors (Lipinski definition) is 3. The van der Waals surface area contributed by atoms with Crippen LogP contribution in [0.2, 0.25) is 0 Å². The molecule has 1 aromatic carbocycles. The molecule has 1 aromatic heterocycles. The van der Waals surface area contributed by atoms with Crippen LogP contribution >= 0.6 is 0 Å². The summed E-state index contributed by atoms with van der Waals surface area (Å²) < 4.78 is 2.13. The van der Waals surface area contributed by atoms with Crippen molar-refractivity contribution < 1.29 is 9.59 Å². The number of benzene rings is 1. The largest absolute Gasteiger partial charge is 0.354 e. The van der Waals surface area contributed by atoms with Crippen molar-refractivity contribution in [3.63, 3.8) is 0 Å². The van der Waals surface area contributed by atoms with Crippen molar-refractivity contribution in [3.8, 4) is 0 Å². The number of hydrogen-bond donors (Lipinski definition) is 1. The molecule has 0 atom stereocenters. The lowest BCUT2D eigenvalue weighted by Crippen LogP contribution is -2.46. The Morgan fingerprint density at radius 3 is 2.62 bits per heavy atom. The molecule has 7 nitrogen and oxygen atoms in total. The van der Waals surface area contributed by atoms with Crippen molar-refractivity contribution in [2.45, 2.75) is 26.3 Å². The average Bonchev–Trinajstić information content (AvgIpc) is 2.96. The Hall–Kier alpha value is -2.57. The molecular weight excluding hydrogens is 330 g/mol. The first-order chi connectivity index (χ1) is 12.5. The van der Waals surface area contributed by atoms with Crippen molar-refractivity contribution >= 4 is 23.0 Å². The Labute approximate surface area is 154 Å². The fourth-order valence-corrected chi connectivity index (χ4v) is 3.53. The maximum absolute atomic E-state index is 12.4. The van der Waals surface area contributed by atoms with Crippen LogP contribution in [-0.2, 0) is 11.3 Å². The lowest BCUT2D eigenvalue weighted by Gasteiger charge is -2.33. The monoisotopic (exact) mass is 357 g/mol. The van der Waals surface area contributed by atoms with Gasteiger partial charge in [0, 0.05) is 46.2 Å². The Kier molecular flexibility index (Phi) is 5.44. The number of aromatic nitrogens is 2. The molecule has 3 rings (SSSR count). The van der Waals surface area contributed by atoms with Gasteiger partial charge >= 0.3 is 6.03 Å². The van der Waals surface area contributed by atoms with Gasteiger partial charge in [-0.1, -0.05) is 12.1 Å². The molecule has 0 aliphatic carbocycles. The molecule has 2 heterocycles. The van der Waals surface area contributed by atoms with Gasteiger partial charge in [-0.3, -0.25) is 4.79 Å². The van der Waals surface area contributed by atoms with E-state index in [0.29, 0.717) is 26.2 Å². The number of likely N-dealkylation sites (tertiary alicyclic amines) is 1. The van der Waals surface area contributed by atoms with Gasteiger partial charge in [0.25, 0.3) is 0 Å². The SMILES string of the molecule is Cc1nc2ccccc2n1CCNC(=O)C1CCN(C(=O)N(C)C)CC1. The first-order valence-electron chi connectivity index (χ1n) is 9.13. The maximum Gasteiger partial charge on any atom is 0.319 e. The molecule has 7 heteroatoms. The molecule has 0 saturated carbocycles. The number of aryl methyl sites for hydroxylation is 1. The number of urea groups is 1. The Balaban J connectivity index is 1.49. The third kappa shape index (κ3) is 3.81. The number of nitrogens with zero attached hydrogens (tertiary/aromatic N) is 4. The van der Waals surface area contributed by atoms with Crippen LogP contribution in [-0.4, -0.2) is 65.0 Å². The number of carbonyl (C=O) groups is 2. The highest BCUT2D eigenvalue weighted by Crippen LogP contribution is 2.18. The van der Waals surface area contributed by atoms with Crippen LogP contribution in [0.15, 0.2) is 24.3 Å². The predicted octanol–water partition coefficient (Wildman–Crippen LogP) is 1.85. The molecule has 0 spiro atoms. The summed E-state index contributed by atoms with van der Waals surface area (Å²) in [5, 5.41) is 3.05. The second kappa shape index (κ2) is 7.76. The molecule has 140 valence electrons. The predicted molar refractivity (Wildman–Crippen MR) is 101 cm³/mol. The van der Waals surface area contributed by atoms with Gasteiger partial charge in [0.15, 0.2) is 0 Å². The number of piperidine rings is 1. The lowest BCUT2D eigenvalue weighted by molar-refractivity contribution is -0.126. The van der Waals surface area contributed by atoms with Crippen molar-refractivity contribution in [1.29, 1.82) is 0 Å². The summed E-state index contributed by atoms with van der Waals surface area (Å²) in [5.74, 6) is 1.03. The number of imidazole rings is 1. The van der Waals surface area contributed by atoms with E-state index in [-0.39, 0.29) is 17.9 Å². The minimum absolute atomic E-state index is 0.0122. The van der Waals surface area contributed by atoms with Gasteiger partial charge in [0.05, 0.1) is 11.0 Å². The van der Waals surface area contributed by atoms with Crippen LogP contribution in [0.4, 0.5) is 4.79 Å². The summed E-state index contributed by atoms with van der Waals surface area (Å²) in [6, 6.07) is 8.05. The second-order valence-corrected chi connectivity index (χ2v) is 7.03. The quantitative estimate of drug-likeness (QED) is 0.908. The molecular formula is C19H27N5O2. The zero-order chi connectivity index (χ0) is 18.7. The number of fused-ring (bicyclic) bond motifs is 1. The van der Waals surface area contributed by atoms with Gasteiger partial charge in [0.1, 0.15) is 5.82 Å². The summed E-state index contributed by atoms with van der Waals surface area (Å²) >= 11 is 0. The second-order valence-electron chi connectivity index (χ2n) is 7.03. The van der Waals surface area contributed by atoms with Crippen LogP contribution in [0, 0.1) is 12.8 Å². The molecule has 1 saturated heterocycles. The van der Waals surface area contributed by atoms with Crippen LogP contribution in [0.5, 0.6) is 0 Å². The number of nitrogens with one attached hydrogen (secondary N) is 1. The molecule has 1 aliphatic heterocycles. The number of amides is 3. The number of para-hydroxylation sites is 2. The summed E-state index contributed by atoms with van der Waals surface area (Å²) in [6.07, 6.45) is 1.44. The molecule has 0 radical (unpaired) electrons. The molecule has 26 heavy (non-hydrogen) atoms. The Bertz CT molecular complexity index is 790. The summed E-state index contributed by atoms with van der Waals surface area (Å²) in [7, 11) is 3.51. The van der Waals surface area contributed by atoms with Gasteiger partial charge in [0.2, 0.25) is 5.91 Å². The van der Waals surface area contributed by atoms with E-state index in [9.17, 15) is 9.59 Å². The van der Waals surface area contributed by atoms with Gasteiger partial charge in [-0.15, -0.1) is 0 Å². The Morgan fingerprint density at radius 1 is 1.23 bits per heavy atom. The van der Waals surface area contributed by atoms with Gasteiger partial charge in [-0.05, 0) is 31.9 Å². The van der Waals surface area contributed by atoms with E-state index in [2.05, 4.69) is 20.9 Å². The van der Waals surface area contributed by atoms with E-state index in [4.69, 9.17) is 0 Å². The zero-order valence-corrected chi connectivity index (χ0v) is 15.7. The van der Waals surface area contributed by atoms with Crippen molar-refractivity contribution in [2.75, 3.05) is 33.7 Å². The summed E-state index contributed by atoms with van der Waals surface area (Å²) in [5.41, 5.74) is 2.07. The van der Waals surface area contributed by atoms with Gasteiger partial charge < -0.3 is 19.7 Å². The van der Waals surface area contributed by atoms with Crippen LogP contribution in [0.1, 0.15) is 18.7 Å². The minimum Gasteiger partial charge on any atom is -0.354 e. The summed E-state index contributed by atoms with van der Waals surface area (Å²) in [6.45, 7) is 4.55. The first kappa shape index (κ1) is 18.2. The minimum atomic E-state index is -0.0122. The van der Waals surface area contributed by atoms with E-state index < -0.39 is 0 Å². The fraction of sp³-hybridized carbons (Fsp3) is 0.526. The molecule has 1 fully saturated rings. The van der Waals surface area contributed by atoms with Crippen LogP contribution < -0.4 is 5.32 Å². The van der Waals surface area contributed by atoms with E-state index in [1.165, 1.54) is 0 Å². The fourth-order valence-electron chi connectivity index (χ4n) is 3.53. The molecule has 1 aliphatic rings. The van der Waals surface area contributed by atoms with E-state index in [1.807, 2.05) is 30.0 Å². The summed E-state index contributed by atoms with van der Waals surface area (Å²) in [4.78, 5) is 32.3. The highest BCUT2D eigenvalue weighted by molar-refractivity contribution is 5.80. The van der Waals surface area contributed by atoms with E-state index in [1.54, 1.807) is 19.0 Å². The highest BCUT2D eigenvalue weighted by Gasteiger charge is 2.27. The number of rotatable bonds is 4. The van der Waals surface area contributed by atoms with Gasteiger partial charge in [-0.25, -0.2) is 9.78 Å². The third-order valence-electron chi connectivity index (χ3n) is 5.00. The Morgan fingerprint density at radius 2 is 1.92 bits per heavy atom. The molecule has 0 bridgehead atoms. The molecule has 0 unspecified atom stereocenters. The zero-order valence-electron chi connectivity index (χ0n) is 15.7. The van der Waals surface area contributed by atoms with Crippen molar-refractivity contribution in [3.05, 3.63) is 30.1 Å². The standard InChI is InChI=1S/C19H27N5O2/c1-14-21-16-6-4-5-7-17(16)24(14)13-10-20-18(25)15-8-11-23(12-9-15)19(26)22(2)3/h4-7,15H,8-13H2,1-3H3,(H,20,25). The first-order valence-corrected chi connectivity index (χ1v) is 9.13. The van der Waals surface area contributed by atoms with Crippen molar-refractivity contribution in [2.24, 2.45) is 5.92 Å². The normalized spacial score (nSPS) is 15.3. The van der Waals surface area contributed by atoms with Crippen LogP contribution in [0.25, 0.3) is 11.0 Å². The van der Waals surface area contributed by atoms with E-state index in [0.717, 1.165) is 29.7 Å². The third-order valence-corrected chi connectivity index (χ3v) is 5.00.